The number of benzene rings is 1. The van der Waals surface area contributed by atoms with Crippen molar-refractivity contribution in [1.82, 2.24) is 10.2 Å². The van der Waals surface area contributed by atoms with Gasteiger partial charge in [0.1, 0.15) is 0 Å². The topological polar surface area (TPSA) is 35.6 Å². The molecule has 2 rings (SSSR count). The molecule has 6 heteroatoms. The summed E-state index contributed by atoms with van der Waals surface area (Å²) in [5, 5.41) is 3.34. The van der Waals surface area contributed by atoms with Gasteiger partial charge in [-0.2, -0.15) is 0 Å². The van der Waals surface area contributed by atoms with Crippen LogP contribution in [0.5, 0.6) is 0 Å². The minimum absolute atomic E-state index is 0. The van der Waals surface area contributed by atoms with Crippen LogP contribution < -0.4 is 10.2 Å². The summed E-state index contributed by atoms with van der Waals surface area (Å²) < 4.78 is 0. The van der Waals surface area contributed by atoms with Crippen molar-refractivity contribution >= 4 is 36.4 Å². The maximum Gasteiger partial charge on any atom is 0.253 e. The van der Waals surface area contributed by atoms with E-state index in [4.69, 9.17) is 0 Å². The van der Waals surface area contributed by atoms with Gasteiger partial charge in [-0.15, -0.1) is 24.8 Å². The maximum atomic E-state index is 12.6. The third kappa shape index (κ3) is 5.83. The Hall–Kier alpha value is -0.970. The van der Waals surface area contributed by atoms with E-state index in [-0.39, 0.29) is 30.7 Å². The van der Waals surface area contributed by atoms with E-state index in [9.17, 15) is 4.79 Å². The number of carbonyl (C=O) groups is 1. The maximum absolute atomic E-state index is 12.6. The van der Waals surface area contributed by atoms with E-state index in [1.165, 1.54) is 5.69 Å². The molecule has 1 heterocycles. The molecule has 1 aromatic rings. The number of rotatable bonds is 6. The Morgan fingerprint density at radius 2 is 1.71 bits per heavy atom. The number of halogens is 2. The fourth-order valence-electron chi connectivity index (χ4n) is 3.12. The van der Waals surface area contributed by atoms with Crippen molar-refractivity contribution in [2.24, 2.45) is 0 Å². The minimum Gasteiger partial charge on any atom is -0.372 e. The number of anilines is 1. The highest BCUT2D eigenvalue weighted by atomic mass is 35.5. The SMILES string of the molecule is CCCN(CC)c1ccc(C(=O)N(C)C2CCNCC2)cc1.Cl.Cl. The van der Waals surface area contributed by atoms with Gasteiger partial charge < -0.3 is 15.1 Å². The molecule has 0 spiro atoms. The Balaban J connectivity index is 0.00000264. The molecule has 1 fully saturated rings. The van der Waals surface area contributed by atoms with Gasteiger partial charge in [0.15, 0.2) is 0 Å². The average molecular weight is 376 g/mol. The second-order valence-electron chi connectivity index (χ2n) is 6.02. The van der Waals surface area contributed by atoms with Gasteiger partial charge in [-0.3, -0.25) is 4.79 Å². The zero-order valence-electron chi connectivity index (χ0n) is 15.0. The molecule has 4 nitrogen and oxygen atoms in total. The van der Waals surface area contributed by atoms with E-state index in [0.29, 0.717) is 6.04 Å². The van der Waals surface area contributed by atoms with Crippen LogP contribution in [0.3, 0.4) is 0 Å². The summed E-state index contributed by atoms with van der Waals surface area (Å²) in [5.41, 5.74) is 1.99. The number of nitrogens with one attached hydrogen (secondary N) is 1. The molecule has 0 aliphatic carbocycles. The lowest BCUT2D eigenvalue weighted by Crippen LogP contribution is -2.43. The van der Waals surface area contributed by atoms with Gasteiger partial charge in [-0.1, -0.05) is 6.92 Å². The first-order valence-electron chi connectivity index (χ1n) is 8.50. The lowest BCUT2D eigenvalue weighted by molar-refractivity contribution is 0.0703. The monoisotopic (exact) mass is 375 g/mol. The molecule has 1 saturated heterocycles. The molecule has 1 aliphatic rings. The largest absolute Gasteiger partial charge is 0.372 e. The van der Waals surface area contributed by atoms with Gasteiger partial charge in [0.25, 0.3) is 5.91 Å². The van der Waals surface area contributed by atoms with Gasteiger partial charge in [-0.25, -0.2) is 0 Å². The Labute approximate surface area is 158 Å². The second-order valence-corrected chi connectivity index (χ2v) is 6.02. The Morgan fingerprint density at radius 1 is 1.12 bits per heavy atom. The number of piperidine rings is 1. The second kappa shape index (κ2) is 11.6. The van der Waals surface area contributed by atoms with Crippen LogP contribution in [0.4, 0.5) is 5.69 Å². The van der Waals surface area contributed by atoms with E-state index in [1.54, 1.807) is 0 Å². The number of hydrogen-bond acceptors (Lipinski definition) is 3. The molecule has 1 aromatic carbocycles. The molecule has 1 amide bonds. The summed E-state index contributed by atoms with van der Waals surface area (Å²) in [7, 11) is 1.93. The van der Waals surface area contributed by atoms with E-state index in [2.05, 4.69) is 36.2 Å². The molecule has 0 saturated carbocycles. The summed E-state index contributed by atoms with van der Waals surface area (Å²) in [6.07, 6.45) is 3.22. The third-order valence-corrected chi connectivity index (χ3v) is 4.53. The number of carbonyl (C=O) groups excluding carboxylic acids is 1. The molecule has 0 atom stereocenters. The van der Waals surface area contributed by atoms with Crippen LogP contribution in [-0.2, 0) is 0 Å². The molecule has 0 aromatic heterocycles. The van der Waals surface area contributed by atoms with E-state index in [0.717, 1.165) is 51.0 Å². The van der Waals surface area contributed by atoms with Gasteiger partial charge in [-0.05, 0) is 63.5 Å². The first kappa shape index (κ1) is 23.0. The third-order valence-electron chi connectivity index (χ3n) is 4.53. The zero-order chi connectivity index (χ0) is 15.9. The van der Waals surface area contributed by atoms with Crippen molar-refractivity contribution in [3.05, 3.63) is 29.8 Å². The fraction of sp³-hybridized carbons (Fsp3) is 0.611. The summed E-state index contributed by atoms with van der Waals surface area (Å²) in [5.74, 6) is 0.136. The van der Waals surface area contributed by atoms with Crippen LogP contribution in [0.15, 0.2) is 24.3 Å². The molecule has 138 valence electrons. The van der Waals surface area contributed by atoms with Gasteiger partial charge in [0, 0.05) is 37.4 Å². The van der Waals surface area contributed by atoms with Crippen LogP contribution >= 0.6 is 24.8 Å². The Bertz CT molecular complexity index is 476. The Kier molecular flexibility index (Phi) is 11.1. The molecule has 24 heavy (non-hydrogen) atoms. The van der Waals surface area contributed by atoms with Crippen molar-refractivity contribution in [2.75, 3.05) is 38.1 Å². The lowest BCUT2D eigenvalue weighted by Gasteiger charge is -2.31. The van der Waals surface area contributed by atoms with Crippen LogP contribution in [0.2, 0.25) is 0 Å². The Morgan fingerprint density at radius 3 is 2.21 bits per heavy atom. The predicted molar refractivity (Wildman–Crippen MR) is 107 cm³/mol. The lowest BCUT2D eigenvalue weighted by atomic mass is 10.0. The zero-order valence-corrected chi connectivity index (χ0v) is 16.6. The number of amides is 1. The van der Waals surface area contributed by atoms with Crippen LogP contribution in [-0.4, -0.2) is 50.1 Å². The smallest absolute Gasteiger partial charge is 0.253 e. The van der Waals surface area contributed by atoms with Gasteiger partial charge in [0.05, 0.1) is 0 Å². The van der Waals surface area contributed by atoms with Crippen molar-refractivity contribution in [2.45, 2.75) is 39.2 Å². The minimum atomic E-state index is 0. The molecule has 0 bridgehead atoms. The molecular weight excluding hydrogens is 345 g/mol. The predicted octanol–water partition coefficient (Wildman–Crippen LogP) is 3.59. The number of nitrogens with zero attached hydrogens (tertiary/aromatic N) is 2. The van der Waals surface area contributed by atoms with Crippen LogP contribution in [0.1, 0.15) is 43.5 Å². The highest BCUT2D eigenvalue weighted by molar-refractivity contribution is 5.94. The first-order chi connectivity index (χ1) is 10.7. The molecule has 1 N–H and O–H groups in total. The van der Waals surface area contributed by atoms with Crippen LogP contribution in [0.25, 0.3) is 0 Å². The molecular formula is C18H31Cl2N3O. The number of hydrogen-bond donors (Lipinski definition) is 1. The first-order valence-corrected chi connectivity index (χ1v) is 8.50. The highest BCUT2D eigenvalue weighted by Gasteiger charge is 2.22. The van der Waals surface area contributed by atoms with Crippen molar-refractivity contribution in [3.63, 3.8) is 0 Å². The van der Waals surface area contributed by atoms with Crippen molar-refractivity contribution in [1.29, 1.82) is 0 Å². The summed E-state index contributed by atoms with van der Waals surface area (Å²) in [4.78, 5) is 16.9. The normalized spacial score (nSPS) is 14.3. The van der Waals surface area contributed by atoms with E-state index in [1.807, 2.05) is 24.1 Å². The quantitative estimate of drug-likeness (QED) is 0.824. The van der Waals surface area contributed by atoms with Gasteiger partial charge in [0.2, 0.25) is 0 Å². The summed E-state index contributed by atoms with van der Waals surface area (Å²) in [6.45, 7) is 8.41. The highest BCUT2D eigenvalue weighted by Crippen LogP contribution is 2.18. The van der Waals surface area contributed by atoms with E-state index < -0.39 is 0 Å². The van der Waals surface area contributed by atoms with Crippen molar-refractivity contribution in [3.8, 4) is 0 Å². The van der Waals surface area contributed by atoms with E-state index >= 15 is 0 Å². The van der Waals surface area contributed by atoms with Crippen molar-refractivity contribution < 1.29 is 4.79 Å². The van der Waals surface area contributed by atoms with Gasteiger partial charge >= 0.3 is 0 Å². The fourth-order valence-corrected chi connectivity index (χ4v) is 3.12. The standard InChI is InChI=1S/C18H29N3O.2ClH/c1-4-14-21(5-2)17-8-6-15(7-9-17)18(22)20(3)16-10-12-19-13-11-16;;/h6-9,16,19H,4-5,10-14H2,1-3H3;2*1H. The molecule has 0 unspecified atom stereocenters. The molecule has 0 radical (unpaired) electrons. The summed E-state index contributed by atoms with van der Waals surface area (Å²) in [6, 6.07) is 8.44. The molecule has 1 aliphatic heterocycles. The van der Waals surface area contributed by atoms with Crippen LogP contribution in [0, 0.1) is 0 Å². The average Bonchev–Trinajstić information content (AvgIpc) is 2.59. The summed E-state index contributed by atoms with van der Waals surface area (Å²) >= 11 is 0.